The van der Waals surface area contributed by atoms with Gasteiger partial charge in [-0.05, 0) is 61.3 Å². The van der Waals surface area contributed by atoms with Crippen LogP contribution < -0.4 is 10.2 Å². The number of hydrogen-bond acceptors (Lipinski definition) is 5. The highest BCUT2D eigenvalue weighted by molar-refractivity contribution is 5.50. The van der Waals surface area contributed by atoms with Gasteiger partial charge in [-0.15, -0.1) is 0 Å². The summed E-state index contributed by atoms with van der Waals surface area (Å²) in [5.74, 6) is 0.306. The number of anilines is 1. The van der Waals surface area contributed by atoms with Crippen molar-refractivity contribution in [1.82, 2.24) is 10.2 Å². The maximum absolute atomic E-state index is 11.5. The van der Waals surface area contributed by atoms with Gasteiger partial charge in [0.1, 0.15) is 5.75 Å². The fraction of sp³-hybridized carbons (Fsp3) is 0.478. The van der Waals surface area contributed by atoms with Crippen LogP contribution in [0, 0.1) is 0 Å². The van der Waals surface area contributed by atoms with E-state index in [-0.39, 0.29) is 17.6 Å². The molecule has 5 rings (SSSR count). The van der Waals surface area contributed by atoms with Gasteiger partial charge in [-0.3, -0.25) is 4.90 Å². The van der Waals surface area contributed by atoms with Crippen molar-refractivity contribution < 1.29 is 10.2 Å². The normalized spacial score (nSPS) is 27.1. The third-order valence-corrected chi connectivity index (χ3v) is 7.10. The number of phenolic OH excluding ortho intramolecular Hbond substituents is 1. The van der Waals surface area contributed by atoms with Gasteiger partial charge in [0.25, 0.3) is 0 Å². The number of nitrogens with one attached hydrogen (secondary N) is 1. The van der Waals surface area contributed by atoms with Crippen LogP contribution in [-0.2, 0) is 5.41 Å². The minimum Gasteiger partial charge on any atom is -0.508 e. The van der Waals surface area contributed by atoms with Crippen molar-refractivity contribution in [2.45, 2.75) is 30.4 Å². The monoisotopic (exact) mass is 379 g/mol. The summed E-state index contributed by atoms with van der Waals surface area (Å²) in [6, 6.07) is 16.3. The molecule has 1 spiro atoms. The molecule has 0 unspecified atom stereocenters. The van der Waals surface area contributed by atoms with E-state index in [1.165, 1.54) is 11.1 Å². The second-order valence-electron chi connectivity index (χ2n) is 8.42. The Morgan fingerprint density at radius 1 is 0.893 bits per heavy atom. The van der Waals surface area contributed by atoms with Gasteiger partial charge >= 0.3 is 0 Å². The summed E-state index contributed by atoms with van der Waals surface area (Å²) in [5.41, 5.74) is 3.75. The summed E-state index contributed by atoms with van der Waals surface area (Å²) in [5, 5.41) is 24.5. The standard InChI is InChI=1S/C23H29N3O2/c27-18-7-5-17(6-8-18)25-13-15-26(16-14-25)21-19-3-1-2-4-20(19)23(22(21)28)9-11-24-12-10-23/h1-8,21-22,24,27-28H,9-16H2/t21-,22+/m0/s1. The Hall–Kier alpha value is -2.08. The summed E-state index contributed by atoms with van der Waals surface area (Å²) in [6.45, 7) is 5.70. The lowest BCUT2D eigenvalue weighted by Crippen LogP contribution is -2.52. The lowest BCUT2D eigenvalue weighted by Gasteiger charge is -2.43. The molecule has 2 aromatic carbocycles. The predicted octanol–water partition coefficient (Wildman–Crippen LogP) is 2.25. The fourth-order valence-corrected chi connectivity index (χ4v) is 5.60. The summed E-state index contributed by atoms with van der Waals surface area (Å²) >= 11 is 0. The molecule has 2 saturated heterocycles. The quantitative estimate of drug-likeness (QED) is 0.747. The zero-order valence-corrected chi connectivity index (χ0v) is 16.2. The Bertz CT molecular complexity index is 824. The van der Waals surface area contributed by atoms with Crippen LogP contribution in [-0.4, -0.2) is 60.5 Å². The van der Waals surface area contributed by atoms with Gasteiger partial charge in [0.2, 0.25) is 0 Å². The van der Waals surface area contributed by atoms with E-state index < -0.39 is 0 Å². The summed E-state index contributed by atoms with van der Waals surface area (Å²) in [7, 11) is 0. The van der Waals surface area contributed by atoms with Crippen LogP contribution >= 0.6 is 0 Å². The van der Waals surface area contributed by atoms with Crippen molar-refractivity contribution in [1.29, 1.82) is 0 Å². The number of phenols is 1. The number of aliphatic hydroxyl groups is 1. The molecule has 2 aliphatic heterocycles. The van der Waals surface area contributed by atoms with Crippen LogP contribution in [0.3, 0.4) is 0 Å². The van der Waals surface area contributed by atoms with Crippen LogP contribution in [0.4, 0.5) is 5.69 Å². The van der Waals surface area contributed by atoms with Crippen molar-refractivity contribution in [3.05, 3.63) is 59.7 Å². The molecule has 0 radical (unpaired) electrons. The Kier molecular flexibility index (Phi) is 4.54. The smallest absolute Gasteiger partial charge is 0.115 e. The van der Waals surface area contributed by atoms with E-state index in [4.69, 9.17) is 0 Å². The largest absolute Gasteiger partial charge is 0.508 e. The first-order valence-electron chi connectivity index (χ1n) is 10.5. The minimum absolute atomic E-state index is 0.0938. The zero-order chi connectivity index (χ0) is 19.1. The van der Waals surface area contributed by atoms with E-state index in [0.29, 0.717) is 5.75 Å². The molecule has 0 bridgehead atoms. The second-order valence-corrected chi connectivity index (χ2v) is 8.42. The molecule has 3 aliphatic rings. The maximum Gasteiger partial charge on any atom is 0.115 e. The maximum atomic E-state index is 11.5. The van der Waals surface area contributed by atoms with Gasteiger partial charge in [-0.2, -0.15) is 0 Å². The number of rotatable bonds is 2. The highest BCUT2D eigenvalue weighted by Gasteiger charge is 2.53. The van der Waals surface area contributed by atoms with Crippen molar-refractivity contribution >= 4 is 5.69 Å². The molecule has 2 fully saturated rings. The number of benzene rings is 2. The number of piperidine rings is 1. The number of piperazine rings is 1. The van der Waals surface area contributed by atoms with Crippen molar-refractivity contribution in [2.75, 3.05) is 44.2 Å². The SMILES string of the molecule is Oc1ccc(N2CCN([C@H]3c4ccccc4C4(CCNCC4)[C@@H]3O)CC2)cc1. The highest BCUT2D eigenvalue weighted by Crippen LogP contribution is 2.52. The zero-order valence-electron chi connectivity index (χ0n) is 16.2. The van der Waals surface area contributed by atoms with Gasteiger partial charge in [-0.1, -0.05) is 24.3 Å². The van der Waals surface area contributed by atoms with E-state index in [0.717, 1.165) is 57.8 Å². The molecule has 2 aromatic rings. The number of hydrogen-bond donors (Lipinski definition) is 3. The van der Waals surface area contributed by atoms with Crippen LogP contribution in [0.5, 0.6) is 5.75 Å². The van der Waals surface area contributed by atoms with Gasteiger partial charge in [-0.25, -0.2) is 0 Å². The van der Waals surface area contributed by atoms with E-state index in [9.17, 15) is 10.2 Å². The summed E-state index contributed by atoms with van der Waals surface area (Å²) in [6.07, 6.45) is 1.68. The number of aliphatic hydroxyl groups excluding tert-OH is 1. The van der Waals surface area contributed by atoms with Gasteiger partial charge in [0.15, 0.2) is 0 Å². The minimum atomic E-state index is -0.341. The summed E-state index contributed by atoms with van der Waals surface area (Å²) < 4.78 is 0. The molecule has 2 atom stereocenters. The Morgan fingerprint density at radius 2 is 1.57 bits per heavy atom. The third kappa shape index (κ3) is 2.81. The lowest BCUT2D eigenvalue weighted by molar-refractivity contribution is -0.00359. The van der Waals surface area contributed by atoms with Crippen LogP contribution in [0.15, 0.2) is 48.5 Å². The molecule has 5 nitrogen and oxygen atoms in total. The molecule has 1 aliphatic carbocycles. The first-order valence-corrected chi connectivity index (χ1v) is 10.5. The molecule has 3 N–H and O–H groups in total. The fourth-order valence-electron chi connectivity index (χ4n) is 5.60. The topological polar surface area (TPSA) is 59.0 Å². The molecule has 0 aromatic heterocycles. The van der Waals surface area contributed by atoms with Crippen molar-refractivity contribution in [2.24, 2.45) is 0 Å². The molecular formula is C23H29N3O2. The molecule has 0 amide bonds. The van der Waals surface area contributed by atoms with Gasteiger partial charge in [0, 0.05) is 37.3 Å². The van der Waals surface area contributed by atoms with E-state index >= 15 is 0 Å². The molecule has 148 valence electrons. The van der Waals surface area contributed by atoms with Crippen LogP contribution in [0.25, 0.3) is 0 Å². The first kappa shape index (κ1) is 18.0. The highest BCUT2D eigenvalue weighted by atomic mass is 16.3. The Balaban J connectivity index is 1.37. The average molecular weight is 380 g/mol. The van der Waals surface area contributed by atoms with Crippen molar-refractivity contribution in [3.63, 3.8) is 0 Å². The number of nitrogens with zero attached hydrogens (tertiary/aromatic N) is 2. The molecular weight excluding hydrogens is 350 g/mol. The first-order chi connectivity index (χ1) is 13.7. The third-order valence-electron chi connectivity index (χ3n) is 7.10. The van der Waals surface area contributed by atoms with E-state index in [1.54, 1.807) is 12.1 Å². The van der Waals surface area contributed by atoms with Gasteiger partial charge < -0.3 is 20.4 Å². The molecule has 2 heterocycles. The van der Waals surface area contributed by atoms with Crippen molar-refractivity contribution in [3.8, 4) is 5.75 Å². The second kappa shape index (κ2) is 7.07. The van der Waals surface area contributed by atoms with Crippen LogP contribution in [0.1, 0.15) is 30.0 Å². The summed E-state index contributed by atoms with van der Waals surface area (Å²) in [4.78, 5) is 4.85. The lowest BCUT2D eigenvalue weighted by atomic mass is 9.72. The number of fused-ring (bicyclic) bond motifs is 2. The van der Waals surface area contributed by atoms with E-state index in [1.807, 2.05) is 12.1 Å². The molecule has 28 heavy (non-hydrogen) atoms. The predicted molar refractivity (Wildman–Crippen MR) is 111 cm³/mol. The number of aromatic hydroxyl groups is 1. The Morgan fingerprint density at radius 3 is 2.29 bits per heavy atom. The Labute approximate surface area is 166 Å². The molecule has 0 saturated carbocycles. The average Bonchev–Trinajstić information content (AvgIpc) is 2.98. The van der Waals surface area contributed by atoms with Gasteiger partial charge in [0.05, 0.1) is 12.1 Å². The van der Waals surface area contributed by atoms with E-state index in [2.05, 4.69) is 39.4 Å². The molecule has 5 heteroatoms. The van der Waals surface area contributed by atoms with Crippen LogP contribution in [0.2, 0.25) is 0 Å².